The van der Waals surface area contributed by atoms with Gasteiger partial charge in [-0.1, -0.05) is 74.5 Å². The van der Waals surface area contributed by atoms with Gasteiger partial charge in [-0.2, -0.15) is 0 Å². The van der Waals surface area contributed by atoms with E-state index in [1.807, 2.05) is 55.1 Å². The molecule has 1 saturated heterocycles. The smallest absolute Gasteiger partial charge is 0.228 e. The number of hydrogen-bond donors (Lipinski definition) is 1. The molecule has 1 heterocycles. The third-order valence-corrected chi connectivity index (χ3v) is 4.95. The van der Waals surface area contributed by atoms with Gasteiger partial charge in [-0.3, -0.25) is 4.79 Å². The van der Waals surface area contributed by atoms with E-state index in [4.69, 9.17) is 5.73 Å². The third kappa shape index (κ3) is 3.51. The van der Waals surface area contributed by atoms with Crippen LogP contribution in [-0.4, -0.2) is 29.9 Å². The molecular weight excluding hydrogens is 296 g/mol. The Hall–Kier alpha value is -2.13. The molecule has 2 aromatic carbocycles. The van der Waals surface area contributed by atoms with Crippen molar-refractivity contribution in [3.63, 3.8) is 0 Å². The molecule has 2 N–H and O–H groups in total. The molecule has 1 amide bonds. The van der Waals surface area contributed by atoms with Crippen LogP contribution in [0.4, 0.5) is 0 Å². The van der Waals surface area contributed by atoms with Gasteiger partial charge < -0.3 is 10.6 Å². The van der Waals surface area contributed by atoms with E-state index in [0.29, 0.717) is 13.1 Å². The van der Waals surface area contributed by atoms with E-state index >= 15 is 0 Å². The van der Waals surface area contributed by atoms with Crippen LogP contribution in [0.1, 0.15) is 30.9 Å². The van der Waals surface area contributed by atoms with E-state index in [1.54, 1.807) is 0 Å². The molecule has 2 atom stereocenters. The molecule has 126 valence electrons. The summed E-state index contributed by atoms with van der Waals surface area (Å²) >= 11 is 0. The van der Waals surface area contributed by atoms with Crippen molar-refractivity contribution in [1.29, 1.82) is 0 Å². The van der Waals surface area contributed by atoms with Crippen LogP contribution in [0.3, 0.4) is 0 Å². The molecule has 1 aliphatic rings. The molecule has 0 spiro atoms. The number of hydrogen-bond acceptors (Lipinski definition) is 2. The molecule has 1 fully saturated rings. The predicted molar refractivity (Wildman–Crippen MR) is 97.7 cm³/mol. The SMILES string of the molecule is CC(C)(Cc1ccccc1)C(=O)N1C[C@@H](N)[C@H](c2ccccc2)C1. The Labute approximate surface area is 144 Å². The number of carbonyl (C=O) groups excluding carboxylic acids is 1. The zero-order valence-corrected chi connectivity index (χ0v) is 14.5. The molecule has 3 nitrogen and oxygen atoms in total. The summed E-state index contributed by atoms with van der Waals surface area (Å²) in [6.07, 6.45) is 0.744. The second-order valence-corrected chi connectivity index (χ2v) is 7.44. The fourth-order valence-corrected chi connectivity index (χ4v) is 3.66. The number of carbonyl (C=O) groups is 1. The molecule has 2 aromatic rings. The summed E-state index contributed by atoms with van der Waals surface area (Å²) < 4.78 is 0. The lowest BCUT2D eigenvalue weighted by Gasteiger charge is -2.29. The van der Waals surface area contributed by atoms with Crippen molar-refractivity contribution in [3.05, 3.63) is 71.8 Å². The quantitative estimate of drug-likeness (QED) is 0.939. The lowest BCUT2D eigenvalue weighted by atomic mass is 9.84. The number of amides is 1. The first-order valence-electron chi connectivity index (χ1n) is 8.61. The average molecular weight is 322 g/mol. The normalized spacial score (nSPS) is 21.0. The van der Waals surface area contributed by atoms with Crippen LogP contribution in [0.15, 0.2) is 60.7 Å². The van der Waals surface area contributed by atoms with Crippen molar-refractivity contribution in [2.75, 3.05) is 13.1 Å². The number of benzene rings is 2. The molecular formula is C21H26N2O. The maximum atomic E-state index is 13.1. The van der Waals surface area contributed by atoms with Crippen molar-refractivity contribution < 1.29 is 4.79 Å². The largest absolute Gasteiger partial charge is 0.340 e. The first-order valence-corrected chi connectivity index (χ1v) is 8.61. The summed E-state index contributed by atoms with van der Waals surface area (Å²) in [6, 6.07) is 20.5. The third-order valence-electron chi connectivity index (χ3n) is 4.95. The van der Waals surface area contributed by atoms with E-state index in [-0.39, 0.29) is 17.9 Å². The summed E-state index contributed by atoms with van der Waals surface area (Å²) in [5, 5.41) is 0. The Bertz CT molecular complexity index is 681. The van der Waals surface area contributed by atoms with Gasteiger partial charge in [-0.15, -0.1) is 0 Å². The van der Waals surface area contributed by atoms with E-state index < -0.39 is 5.41 Å². The van der Waals surface area contributed by atoms with Crippen LogP contribution in [-0.2, 0) is 11.2 Å². The Morgan fingerprint density at radius 2 is 1.62 bits per heavy atom. The lowest BCUT2D eigenvalue weighted by molar-refractivity contribution is -0.139. The zero-order chi connectivity index (χ0) is 17.2. The summed E-state index contributed by atoms with van der Waals surface area (Å²) in [4.78, 5) is 15.0. The molecule has 0 aromatic heterocycles. The molecule has 0 aliphatic carbocycles. The molecule has 0 bridgehead atoms. The second kappa shape index (κ2) is 6.78. The highest BCUT2D eigenvalue weighted by molar-refractivity contribution is 5.82. The summed E-state index contributed by atoms with van der Waals surface area (Å²) in [5.74, 6) is 0.419. The number of likely N-dealkylation sites (tertiary alicyclic amines) is 1. The van der Waals surface area contributed by atoms with Gasteiger partial charge >= 0.3 is 0 Å². The highest BCUT2D eigenvalue weighted by Gasteiger charge is 2.39. The maximum absolute atomic E-state index is 13.1. The van der Waals surface area contributed by atoms with Gasteiger partial charge in [0, 0.05) is 30.5 Å². The summed E-state index contributed by atoms with van der Waals surface area (Å²) in [5.41, 5.74) is 8.33. The van der Waals surface area contributed by atoms with Gasteiger partial charge in [0.05, 0.1) is 0 Å². The molecule has 0 saturated carbocycles. The predicted octanol–water partition coefficient (Wildman–Crippen LogP) is 3.21. The van der Waals surface area contributed by atoms with Crippen molar-refractivity contribution in [2.45, 2.75) is 32.2 Å². The molecule has 1 aliphatic heterocycles. The lowest BCUT2D eigenvalue weighted by Crippen LogP contribution is -2.41. The van der Waals surface area contributed by atoms with Crippen LogP contribution in [0, 0.1) is 5.41 Å². The maximum Gasteiger partial charge on any atom is 0.228 e. The fraction of sp³-hybridized carbons (Fsp3) is 0.381. The molecule has 0 unspecified atom stereocenters. The van der Waals surface area contributed by atoms with E-state index in [1.165, 1.54) is 11.1 Å². The van der Waals surface area contributed by atoms with Gasteiger partial charge in [0.2, 0.25) is 5.91 Å². The first-order chi connectivity index (χ1) is 11.5. The zero-order valence-electron chi connectivity index (χ0n) is 14.5. The van der Waals surface area contributed by atoms with E-state index in [2.05, 4.69) is 24.3 Å². The minimum atomic E-state index is -0.424. The standard InChI is InChI=1S/C21H26N2O/c1-21(2,13-16-9-5-3-6-10-16)20(24)23-14-18(19(22)15-23)17-11-7-4-8-12-17/h3-12,18-19H,13-15,22H2,1-2H3/t18-,19+/m0/s1. The molecule has 0 radical (unpaired) electrons. The minimum Gasteiger partial charge on any atom is -0.340 e. The van der Waals surface area contributed by atoms with Gasteiger partial charge in [-0.05, 0) is 17.5 Å². The monoisotopic (exact) mass is 322 g/mol. The second-order valence-electron chi connectivity index (χ2n) is 7.44. The van der Waals surface area contributed by atoms with Crippen molar-refractivity contribution >= 4 is 5.91 Å². The Morgan fingerprint density at radius 3 is 2.25 bits per heavy atom. The highest BCUT2D eigenvalue weighted by atomic mass is 16.2. The van der Waals surface area contributed by atoms with Crippen LogP contribution in [0.5, 0.6) is 0 Å². The van der Waals surface area contributed by atoms with E-state index in [0.717, 1.165) is 6.42 Å². The van der Waals surface area contributed by atoms with Crippen molar-refractivity contribution in [3.8, 4) is 0 Å². The van der Waals surface area contributed by atoms with E-state index in [9.17, 15) is 4.79 Å². The number of nitrogens with two attached hydrogens (primary N) is 1. The van der Waals surface area contributed by atoms with Crippen molar-refractivity contribution in [1.82, 2.24) is 4.90 Å². The van der Waals surface area contributed by atoms with Gasteiger partial charge in [0.1, 0.15) is 0 Å². The van der Waals surface area contributed by atoms with Gasteiger partial charge in [0.15, 0.2) is 0 Å². The van der Waals surface area contributed by atoms with Crippen LogP contribution >= 0.6 is 0 Å². The van der Waals surface area contributed by atoms with Crippen LogP contribution < -0.4 is 5.73 Å². The summed E-state index contributed by atoms with van der Waals surface area (Å²) in [7, 11) is 0. The minimum absolute atomic E-state index is 0.00359. The van der Waals surface area contributed by atoms with Crippen molar-refractivity contribution in [2.24, 2.45) is 11.1 Å². The Kier molecular flexibility index (Phi) is 4.72. The molecule has 3 heteroatoms. The molecule has 24 heavy (non-hydrogen) atoms. The topological polar surface area (TPSA) is 46.3 Å². The van der Waals surface area contributed by atoms with Gasteiger partial charge in [-0.25, -0.2) is 0 Å². The highest BCUT2D eigenvalue weighted by Crippen LogP contribution is 2.31. The van der Waals surface area contributed by atoms with Gasteiger partial charge in [0.25, 0.3) is 0 Å². The number of rotatable bonds is 4. The number of nitrogens with zero attached hydrogens (tertiary/aromatic N) is 1. The first kappa shape index (κ1) is 16.7. The van der Waals surface area contributed by atoms with Crippen LogP contribution in [0.2, 0.25) is 0 Å². The Morgan fingerprint density at radius 1 is 1.04 bits per heavy atom. The fourth-order valence-electron chi connectivity index (χ4n) is 3.66. The summed E-state index contributed by atoms with van der Waals surface area (Å²) in [6.45, 7) is 5.41. The Balaban J connectivity index is 1.71. The van der Waals surface area contributed by atoms with Crippen LogP contribution in [0.25, 0.3) is 0 Å². The average Bonchev–Trinajstić information content (AvgIpc) is 2.97. The molecule has 3 rings (SSSR count).